The molecule has 0 atom stereocenters. The molecule has 1 aliphatic carbocycles. The van der Waals surface area contributed by atoms with Crippen molar-refractivity contribution in [3.8, 4) is 29.0 Å². The molecule has 1 aliphatic heterocycles. The third-order valence-electron chi connectivity index (χ3n) is 18.8. The first-order valence-electron chi connectivity index (χ1n) is 29.7. The molecule has 3 aromatic heterocycles. The van der Waals surface area contributed by atoms with Crippen LogP contribution in [0.3, 0.4) is 0 Å². The van der Waals surface area contributed by atoms with Gasteiger partial charge in [-0.3, -0.25) is 0 Å². The van der Waals surface area contributed by atoms with E-state index >= 15 is 13.2 Å². The van der Waals surface area contributed by atoms with Crippen LogP contribution < -0.4 is 9.80 Å². The molecule has 0 unspecified atom stereocenters. The van der Waals surface area contributed by atoms with Crippen LogP contribution in [-0.4, -0.2) is 4.57 Å². The average Bonchev–Trinajstić information content (AvgIpc) is 1.47. The number of para-hydroxylation sites is 5. The lowest BCUT2D eigenvalue weighted by Crippen LogP contribution is -2.33. The van der Waals surface area contributed by atoms with Crippen molar-refractivity contribution in [2.45, 2.75) is 17.8 Å². The molecular formula is C79H41F6N5O2. The van der Waals surface area contributed by atoms with E-state index in [1.54, 1.807) is 66.7 Å². The lowest BCUT2D eigenvalue weighted by molar-refractivity contribution is -0.137. The zero-order valence-electron chi connectivity index (χ0n) is 48.0. The Morgan fingerprint density at radius 2 is 0.804 bits per heavy atom. The minimum absolute atomic E-state index is 0.205. The van der Waals surface area contributed by atoms with Crippen molar-refractivity contribution in [2.75, 3.05) is 9.80 Å². The van der Waals surface area contributed by atoms with Gasteiger partial charge in [0.25, 0.3) is 0 Å². The van der Waals surface area contributed by atoms with Gasteiger partial charge in [-0.25, -0.2) is 0 Å². The summed E-state index contributed by atoms with van der Waals surface area (Å²) in [5.74, 6) is 0. The molecule has 7 nitrogen and oxygen atoms in total. The minimum Gasteiger partial charge on any atom is -0.453 e. The van der Waals surface area contributed by atoms with Crippen LogP contribution in [0.25, 0.3) is 104 Å². The predicted molar refractivity (Wildman–Crippen MR) is 350 cm³/mol. The molecule has 2 aliphatic rings. The zero-order valence-corrected chi connectivity index (χ0v) is 48.0. The Bertz CT molecular complexity index is 5900. The van der Waals surface area contributed by atoms with Crippen LogP contribution in [0.4, 0.5) is 60.5 Å². The van der Waals surface area contributed by atoms with Crippen molar-refractivity contribution < 1.29 is 35.2 Å². The molecule has 0 saturated carbocycles. The number of benzene rings is 13. The summed E-state index contributed by atoms with van der Waals surface area (Å²) in [6, 6.07) is 82.0. The number of halogens is 6. The van der Waals surface area contributed by atoms with E-state index < -0.39 is 28.9 Å². The fraction of sp³-hybridized carbons (Fsp3) is 0.0380. The summed E-state index contributed by atoms with van der Waals surface area (Å²) >= 11 is 0. The van der Waals surface area contributed by atoms with Gasteiger partial charge >= 0.3 is 12.4 Å². The summed E-state index contributed by atoms with van der Waals surface area (Å²) < 4.78 is 105. The average molecular weight is 1210 g/mol. The summed E-state index contributed by atoms with van der Waals surface area (Å²) in [7, 11) is 0. The molecular weight excluding hydrogens is 1160 g/mol. The summed E-state index contributed by atoms with van der Waals surface area (Å²) in [6.07, 6.45) is -9.45. The maximum Gasteiger partial charge on any atom is 0.420 e. The molecule has 0 fully saturated rings. The molecule has 1 spiro atoms. The number of rotatable bonds is 6. The Labute approximate surface area is 518 Å². The van der Waals surface area contributed by atoms with Crippen LogP contribution in [0.2, 0.25) is 0 Å². The van der Waals surface area contributed by atoms with Crippen molar-refractivity contribution in [3.05, 3.63) is 293 Å². The first-order valence-corrected chi connectivity index (χ1v) is 29.7. The van der Waals surface area contributed by atoms with Gasteiger partial charge in [0.05, 0.1) is 67.9 Å². The number of fused-ring (bicyclic) bond motifs is 22. The van der Waals surface area contributed by atoms with Crippen LogP contribution >= 0.6 is 0 Å². The quantitative estimate of drug-likeness (QED) is 0.154. The first kappa shape index (κ1) is 53.0. The molecule has 0 saturated heterocycles. The fourth-order valence-electron chi connectivity index (χ4n) is 15.1. The third-order valence-corrected chi connectivity index (χ3v) is 18.8. The van der Waals surface area contributed by atoms with Crippen molar-refractivity contribution in [1.82, 2.24) is 4.57 Å². The summed E-state index contributed by atoms with van der Waals surface area (Å²) in [5, 5.41) is 27.6. The van der Waals surface area contributed by atoms with Crippen LogP contribution in [0, 0.1) is 22.7 Å². The molecule has 0 bridgehead atoms. The molecule has 436 valence electrons. The smallest absolute Gasteiger partial charge is 0.420 e. The fourth-order valence-corrected chi connectivity index (χ4v) is 15.1. The van der Waals surface area contributed by atoms with Crippen molar-refractivity contribution in [3.63, 3.8) is 0 Å². The lowest BCUT2D eigenvalue weighted by Gasteiger charge is -2.40. The Morgan fingerprint density at radius 1 is 0.359 bits per heavy atom. The predicted octanol–water partition coefficient (Wildman–Crippen LogP) is 22.3. The molecule has 0 N–H and O–H groups in total. The highest BCUT2D eigenvalue weighted by Crippen LogP contribution is 2.64. The highest BCUT2D eigenvalue weighted by atomic mass is 19.4. The molecule has 0 radical (unpaired) electrons. The SMILES string of the molecule is N#Cc1ccc(N(c2ccc3c(c2)c2cc(N(c4ccc(C#N)cc4)c4cccc5c4oc4c(C(F)(F)F)cccc45)cc4c2n3-c2ccccc2C42c3ccc4ccccc4c3-c3c2ccc2ccccc32)c2cccc3c2oc2c(C(F)(F)F)cccc23)cc1. The number of hydrogen-bond acceptors (Lipinski definition) is 6. The van der Waals surface area contributed by atoms with Crippen LogP contribution in [0.1, 0.15) is 44.5 Å². The number of hydrogen-bond donors (Lipinski definition) is 0. The normalized spacial score (nSPS) is 13.2. The number of alkyl halides is 6. The second-order valence-electron chi connectivity index (χ2n) is 23.5. The largest absolute Gasteiger partial charge is 0.453 e. The molecule has 92 heavy (non-hydrogen) atoms. The van der Waals surface area contributed by atoms with Gasteiger partial charge in [-0.2, -0.15) is 36.9 Å². The zero-order chi connectivity index (χ0) is 62.1. The second kappa shape index (κ2) is 19.0. The molecule has 18 rings (SSSR count). The van der Waals surface area contributed by atoms with Crippen molar-refractivity contribution in [2.24, 2.45) is 0 Å². The molecule has 4 heterocycles. The van der Waals surface area contributed by atoms with Gasteiger partial charge in [-0.1, -0.05) is 140 Å². The number of furan rings is 2. The number of aromatic nitrogens is 1. The van der Waals surface area contributed by atoms with E-state index in [2.05, 4.69) is 120 Å². The maximum absolute atomic E-state index is 15.0. The van der Waals surface area contributed by atoms with Crippen LogP contribution in [0.5, 0.6) is 0 Å². The van der Waals surface area contributed by atoms with E-state index in [9.17, 15) is 23.7 Å². The second-order valence-corrected chi connectivity index (χ2v) is 23.5. The number of nitrogens with zero attached hydrogens (tertiary/aromatic N) is 5. The summed E-state index contributed by atoms with van der Waals surface area (Å²) in [4.78, 5) is 3.93. The summed E-state index contributed by atoms with van der Waals surface area (Å²) in [6.45, 7) is 0. The molecule has 13 heteroatoms. The van der Waals surface area contributed by atoms with E-state index in [-0.39, 0.29) is 27.7 Å². The number of anilines is 6. The number of nitriles is 2. The molecule has 16 aromatic rings. The monoisotopic (exact) mass is 1210 g/mol. The topological polar surface area (TPSA) is 85.3 Å². The molecule has 0 amide bonds. The van der Waals surface area contributed by atoms with E-state index in [4.69, 9.17) is 8.83 Å². The first-order chi connectivity index (χ1) is 44.8. The Morgan fingerprint density at radius 3 is 1.33 bits per heavy atom. The summed E-state index contributed by atoms with van der Waals surface area (Å²) in [5.41, 5.74) is 9.79. The van der Waals surface area contributed by atoms with Gasteiger partial charge in [-0.05, 0) is 164 Å². The minimum atomic E-state index is -4.73. The highest BCUT2D eigenvalue weighted by Gasteiger charge is 2.52. The van der Waals surface area contributed by atoms with Gasteiger partial charge in [0, 0.05) is 55.1 Å². The Kier molecular flexibility index (Phi) is 10.9. The van der Waals surface area contributed by atoms with Gasteiger partial charge in [-0.15, -0.1) is 0 Å². The highest BCUT2D eigenvalue weighted by molar-refractivity contribution is 6.20. The van der Waals surface area contributed by atoms with Gasteiger partial charge in [0.15, 0.2) is 11.2 Å². The van der Waals surface area contributed by atoms with E-state index in [1.165, 1.54) is 12.1 Å². The maximum atomic E-state index is 15.0. The van der Waals surface area contributed by atoms with Crippen molar-refractivity contribution in [1.29, 1.82) is 10.5 Å². The van der Waals surface area contributed by atoms with Crippen LogP contribution in [0.15, 0.2) is 258 Å². The van der Waals surface area contributed by atoms with Gasteiger partial charge in [0.1, 0.15) is 11.2 Å². The Hall–Kier alpha value is -12.1. The lowest BCUT2D eigenvalue weighted by atomic mass is 9.65. The van der Waals surface area contributed by atoms with Gasteiger partial charge in [0.2, 0.25) is 0 Å². The van der Waals surface area contributed by atoms with E-state index in [1.807, 2.05) is 64.4 Å². The Balaban J connectivity index is 1.00. The standard InChI is InChI=1S/C79H41F6N5O2/c80-78(81,82)63-20-7-15-54-56-17-9-23-68(75(56)91-73(54)63)88(48-31-25-44(42-86)26-32-48)50-35-38-66-58(39-50)59-40-51(89(49-33-27-45(43-87)28-34-49)69-24-10-18-57-55-16-8-21-64(79(83,84)85)74(55)92-76(57)69)41-65-72(59)90(66)67-22-6-5-19-60(67)77(65)61-36-29-46-11-1-3-13-52(46)70(61)71-53-14-4-2-12-47(53)30-37-62(71)77/h1-41H. The van der Waals surface area contributed by atoms with Crippen LogP contribution in [-0.2, 0) is 17.8 Å². The van der Waals surface area contributed by atoms with Gasteiger partial charge < -0.3 is 23.2 Å². The van der Waals surface area contributed by atoms with E-state index in [0.29, 0.717) is 61.4 Å². The van der Waals surface area contributed by atoms with E-state index in [0.717, 1.165) is 94.6 Å². The van der Waals surface area contributed by atoms with Crippen molar-refractivity contribution >= 4 is 121 Å². The molecule has 13 aromatic carbocycles. The third kappa shape index (κ3) is 7.27.